The van der Waals surface area contributed by atoms with Crippen LogP contribution in [0.5, 0.6) is 0 Å². The van der Waals surface area contributed by atoms with Gasteiger partial charge >= 0.3 is 5.97 Å². The second-order valence-corrected chi connectivity index (χ2v) is 7.10. The number of carboxylic acid groups (broad SMARTS) is 1. The molecule has 0 saturated heterocycles. The Morgan fingerprint density at radius 3 is 2.46 bits per heavy atom. The predicted octanol–water partition coefficient (Wildman–Crippen LogP) is 5.47. The molecule has 0 unspecified atom stereocenters. The van der Waals surface area contributed by atoms with Crippen molar-refractivity contribution < 1.29 is 19.1 Å². The van der Waals surface area contributed by atoms with Gasteiger partial charge in [0.1, 0.15) is 5.82 Å². The number of aromatic carboxylic acids is 1. The van der Waals surface area contributed by atoms with Gasteiger partial charge in [0.2, 0.25) is 0 Å². The number of aryl methyl sites for hydroxylation is 1. The van der Waals surface area contributed by atoms with E-state index < -0.39 is 11.9 Å². The van der Waals surface area contributed by atoms with Crippen molar-refractivity contribution in [1.82, 2.24) is 0 Å². The average molecular weight is 390 g/mol. The summed E-state index contributed by atoms with van der Waals surface area (Å²) in [5.74, 6) is -1.93. The highest BCUT2D eigenvalue weighted by Crippen LogP contribution is 2.30. The third kappa shape index (κ3) is 3.76. The number of anilines is 1. The van der Waals surface area contributed by atoms with Crippen molar-refractivity contribution in [2.24, 2.45) is 0 Å². The van der Waals surface area contributed by atoms with Gasteiger partial charge in [0, 0.05) is 9.90 Å². The summed E-state index contributed by atoms with van der Waals surface area (Å²) >= 11 is 7.14. The number of thiophene rings is 1. The maximum atomic E-state index is 13.0. The van der Waals surface area contributed by atoms with Crippen LogP contribution in [-0.4, -0.2) is 17.0 Å². The first-order chi connectivity index (χ1) is 12.3. The smallest absolute Gasteiger partial charge is 0.337 e. The van der Waals surface area contributed by atoms with Gasteiger partial charge in [-0.1, -0.05) is 23.7 Å². The van der Waals surface area contributed by atoms with Gasteiger partial charge in [0.25, 0.3) is 5.91 Å². The van der Waals surface area contributed by atoms with Gasteiger partial charge < -0.3 is 10.4 Å². The summed E-state index contributed by atoms with van der Waals surface area (Å²) in [6, 6.07) is 12.3. The summed E-state index contributed by atoms with van der Waals surface area (Å²) < 4.78 is 13.0. The number of benzene rings is 2. The molecule has 7 heteroatoms. The summed E-state index contributed by atoms with van der Waals surface area (Å²) in [4.78, 5) is 25.2. The quantitative estimate of drug-likeness (QED) is 0.622. The fourth-order valence-corrected chi connectivity index (χ4v) is 3.66. The Morgan fingerprint density at radius 2 is 1.81 bits per heavy atom. The van der Waals surface area contributed by atoms with Crippen LogP contribution >= 0.6 is 22.9 Å². The Bertz CT molecular complexity index is 999. The number of amides is 1. The highest BCUT2D eigenvalue weighted by Gasteiger charge is 2.18. The molecule has 4 nitrogen and oxygen atoms in total. The summed E-state index contributed by atoms with van der Waals surface area (Å²) in [6.45, 7) is 1.67. The minimum atomic E-state index is -1.18. The first kappa shape index (κ1) is 18.1. The minimum Gasteiger partial charge on any atom is -0.478 e. The van der Waals surface area contributed by atoms with Crippen molar-refractivity contribution in [3.8, 4) is 10.4 Å². The lowest BCUT2D eigenvalue weighted by molar-refractivity contribution is 0.0698. The molecular formula is C19H13ClFNO3S. The number of hydrogen-bond donors (Lipinski definition) is 2. The molecule has 132 valence electrons. The topological polar surface area (TPSA) is 66.4 Å². The summed E-state index contributed by atoms with van der Waals surface area (Å²) in [6.07, 6.45) is 0. The average Bonchev–Trinajstić information content (AvgIpc) is 3.07. The first-order valence-corrected chi connectivity index (χ1v) is 8.75. The first-order valence-electron chi connectivity index (χ1n) is 7.55. The Kier molecular flexibility index (Phi) is 5.06. The molecule has 0 radical (unpaired) electrons. The van der Waals surface area contributed by atoms with E-state index in [9.17, 15) is 19.1 Å². The number of carbonyl (C=O) groups is 2. The van der Waals surface area contributed by atoms with Crippen molar-refractivity contribution in [3.05, 3.63) is 75.4 Å². The lowest BCUT2D eigenvalue weighted by Crippen LogP contribution is -2.15. The molecule has 2 aromatic carbocycles. The minimum absolute atomic E-state index is 0.0707. The van der Waals surface area contributed by atoms with Crippen molar-refractivity contribution in [3.63, 3.8) is 0 Å². The zero-order chi connectivity index (χ0) is 18.8. The summed E-state index contributed by atoms with van der Waals surface area (Å²) in [5, 5.41) is 12.3. The molecule has 0 aliphatic rings. The van der Waals surface area contributed by atoms with Gasteiger partial charge in [-0.2, -0.15) is 0 Å². The summed E-state index contributed by atoms with van der Waals surface area (Å²) in [5.41, 5.74) is 1.49. The highest BCUT2D eigenvalue weighted by molar-refractivity contribution is 7.17. The van der Waals surface area contributed by atoms with Crippen LogP contribution in [0.4, 0.5) is 10.1 Å². The van der Waals surface area contributed by atoms with Crippen molar-refractivity contribution >= 4 is 40.5 Å². The Morgan fingerprint density at radius 1 is 1.12 bits per heavy atom. The Labute approximate surface area is 157 Å². The molecule has 0 aliphatic carbocycles. The molecule has 0 saturated carbocycles. The van der Waals surface area contributed by atoms with Gasteiger partial charge in [-0.25, -0.2) is 9.18 Å². The van der Waals surface area contributed by atoms with Crippen LogP contribution < -0.4 is 5.32 Å². The van der Waals surface area contributed by atoms with Gasteiger partial charge in [-0.05, 0) is 54.4 Å². The zero-order valence-electron chi connectivity index (χ0n) is 13.5. The molecule has 3 aromatic rings. The number of carbonyl (C=O) groups excluding carboxylic acids is 1. The standard InChI is InChI=1S/C19H13ClFNO3S/c1-10-8-12(20)9-14(19(24)25)17(10)22-18(23)16-7-6-15(26-16)11-2-4-13(21)5-3-11/h2-9H,1H3,(H,22,23)(H,24,25). The molecule has 0 fully saturated rings. The zero-order valence-corrected chi connectivity index (χ0v) is 15.1. The van der Waals surface area contributed by atoms with Crippen molar-refractivity contribution in [2.75, 3.05) is 5.32 Å². The fourth-order valence-electron chi connectivity index (χ4n) is 2.48. The van der Waals surface area contributed by atoms with Crippen LogP contribution in [0.2, 0.25) is 5.02 Å². The van der Waals surface area contributed by atoms with Crippen LogP contribution in [-0.2, 0) is 0 Å². The largest absolute Gasteiger partial charge is 0.478 e. The van der Waals surface area contributed by atoms with Crippen LogP contribution in [0.3, 0.4) is 0 Å². The van der Waals surface area contributed by atoms with E-state index in [2.05, 4.69) is 5.32 Å². The molecule has 1 amide bonds. The molecule has 1 heterocycles. The predicted molar refractivity (Wildman–Crippen MR) is 101 cm³/mol. The van der Waals surface area contributed by atoms with Gasteiger partial charge in [0.05, 0.1) is 16.1 Å². The second-order valence-electron chi connectivity index (χ2n) is 5.58. The van der Waals surface area contributed by atoms with Gasteiger partial charge in [-0.3, -0.25) is 4.79 Å². The molecule has 26 heavy (non-hydrogen) atoms. The van der Waals surface area contributed by atoms with E-state index in [1.807, 2.05) is 0 Å². The molecule has 0 atom stereocenters. The van der Waals surface area contributed by atoms with E-state index in [1.54, 1.807) is 37.3 Å². The monoisotopic (exact) mass is 389 g/mol. The molecule has 0 bridgehead atoms. The van der Waals surface area contributed by atoms with E-state index in [0.29, 0.717) is 10.4 Å². The Hall–Kier alpha value is -2.70. The van der Waals surface area contributed by atoms with Crippen LogP contribution in [0, 0.1) is 12.7 Å². The number of hydrogen-bond acceptors (Lipinski definition) is 3. The molecule has 0 spiro atoms. The molecule has 0 aliphatic heterocycles. The highest BCUT2D eigenvalue weighted by atomic mass is 35.5. The van der Waals surface area contributed by atoms with Crippen LogP contribution in [0.25, 0.3) is 10.4 Å². The second kappa shape index (κ2) is 7.27. The van der Waals surface area contributed by atoms with Crippen molar-refractivity contribution in [1.29, 1.82) is 0 Å². The maximum absolute atomic E-state index is 13.0. The number of halogens is 2. The van der Waals surface area contributed by atoms with Crippen LogP contribution in [0.15, 0.2) is 48.5 Å². The maximum Gasteiger partial charge on any atom is 0.337 e. The molecular weight excluding hydrogens is 377 g/mol. The van der Waals surface area contributed by atoms with Crippen molar-refractivity contribution in [2.45, 2.75) is 6.92 Å². The number of rotatable bonds is 4. The van der Waals surface area contributed by atoms with E-state index in [-0.39, 0.29) is 22.1 Å². The lowest BCUT2D eigenvalue weighted by Gasteiger charge is -2.11. The molecule has 2 N–H and O–H groups in total. The van der Waals surface area contributed by atoms with Gasteiger partial charge in [0.15, 0.2) is 0 Å². The SMILES string of the molecule is Cc1cc(Cl)cc(C(=O)O)c1NC(=O)c1ccc(-c2ccc(F)cc2)s1. The number of nitrogens with one attached hydrogen (secondary N) is 1. The van der Waals surface area contributed by atoms with Gasteiger partial charge in [-0.15, -0.1) is 11.3 Å². The normalized spacial score (nSPS) is 10.6. The number of carboxylic acids is 1. The van der Waals surface area contributed by atoms with E-state index >= 15 is 0 Å². The van der Waals surface area contributed by atoms with E-state index in [4.69, 9.17) is 11.6 Å². The fraction of sp³-hybridized carbons (Fsp3) is 0.0526. The van der Waals surface area contributed by atoms with E-state index in [1.165, 1.54) is 29.5 Å². The lowest BCUT2D eigenvalue weighted by atomic mass is 10.1. The molecule has 3 rings (SSSR count). The molecule has 1 aromatic heterocycles. The summed E-state index contributed by atoms with van der Waals surface area (Å²) in [7, 11) is 0. The third-order valence-electron chi connectivity index (χ3n) is 3.73. The third-order valence-corrected chi connectivity index (χ3v) is 5.08. The Balaban J connectivity index is 1.88. The van der Waals surface area contributed by atoms with E-state index in [0.717, 1.165) is 10.4 Å². The van der Waals surface area contributed by atoms with Crippen LogP contribution in [0.1, 0.15) is 25.6 Å².